The summed E-state index contributed by atoms with van der Waals surface area (Å²) in [6.45, 7) is 6.09. The largest absolute Gasteiger partial charge is 0.484 e. The standard InChI is InChI=1S/C23H27ClN4O4S/c1-23(2,3)15-8-10-16(11-9-15)32-14-21(31)26-22(33)28-27-20(30)13-12-19(29)25-18-7-5-4-6-17(18)24/h4-11H,12-14H2,1-3H3,(H,25,29)(H,27,30)(H2,26,28,31,33). The van der Waals surface area contributed by atoms with Gasteiger partial charge in [-0.15, -0.1) is 0 Å². The molecule has 0 spiro atoms. The summed E-state index contributed by atoms with van der Waals surface area (Å²) in [5, 5.41) is 5.33. The number of rotatable bonds is 7. The van der Waals surface area contributed by atoms with Crippen LogP contribution in [0.15, 0.2) is 48.5 Å². The van der Waals surface area contributed by atoms with Crippen LogP contribution in [-0.2, 0) is 19.8 Å². The number of carbonyl (C=O) groups is 3. The van der Waals surface area contributed by atoms with Gasteiger partial charge in [0.2, 0.25) is 11.8 Å². The van der Waals surface area contributed by atoms with Crippen LogP contribution in [0.3, 0.4) is 0 Å². The molecule has 0 bridgehead atoms. The van der Waals surface area contributed by atoms with E-state index in [-0.39, 0.29) is 35.9 Å². The Morgan fingerprint density at radius 3 is 2.18 bits per heavy atom. The Labute approximate surface area is 203 Å². The molecule has 0 aromatic heterocycles. The fraction of sp³-hybridized carbons (Fsp3) is 0.304. The van der Waals surface area contributed by atoms with Gasteiger partial charge in [0.05, 0.1) is 10.7 Å². The zero-order valence-electron chi connectivity index (χ0n) is 18.7. The van der Waals surface area contributed by atoms with E-state index in [1.54, 1.807) is 36.4 Å². The van der Waals surface area contributed by atoms with Crippen LogP contribution in [-0.4, -0.2) is 29.4 Å². The van der Waals surface area contributed by atoms with Crippen LogP contribution in [0, 0.1) is 0 Å². The molecule has 0 atom stereocenters. The summed E-state index contributed by atoms with van der Waals surface area (Å²) in [5.41, 5.74) is 6.38. The summed E-state index contributed by atoms with van der Waals surface area (Å²) in [6.07, 6.45) is -0.146. The summed E-state index contributed by atoms with van der Waals surface area (Å²) in [4.78, 5) is 35.8. The third kappa shape index (κ3) is 9.46. The van der Waals surface area contributed by atoms with Crippen molar-refractivity contribution in [1.29, 1.82) is 0 Å². The summed E-state index contributed by atoms with van der Waals surface area (Å²) in [6, 6.07) is 14.3. The first-order valence-corrected chi connectivity index (χ1v) is 11.0. The van der Waals surface area contributed by atoms with E-state index in [9.17, 15) is 14.4 Å². The molecule has 10 heteroatoms. The number of halogens is 1. The van der Waals surface area contributed by atoms with Crippen LogP contribution in [0.5, 0.6) is 5.75 Å². The zero-order valence-corrected chi connectivity index (χ0v) is 20.2. The fourth-order valence-electron chi connectivity index (χ4n) is 2.59. The molecule has 3 amide bonds. The Bertz CT molecular complexity index is 1010. The molecular formula is C23H27ClN4O4S. The highest BCUT2D eigenvalue weighted by Gasteiger charge is 2.14. The molecule has 8 nitrogen and oxygen atoms in total. The molecule has 0 saturated carbocycles. The van der Waals surface area contributed by atoms with Crippen molar-refractivity contribution in [2.75, 3.05) is 11.9 Å². The van der Waals surface area contributed by atoms with E-state index in [1.165, 1.54) is 0 Å². The maximum absolute atomic E-state index is 12.0. The van der Waals surface area contributed by atoms with E-state index in [4.69, 9.17) is 28.6 Å². The van der Waals surface area contributed by atoms with Crippen molar-refractivity contribution in [2.24, 2.45) is 0 Å². The Balaban J connectivity index is 1.64. The molecule has 0 saturated heterocycles. The van der Waals surface area contributed by atoms with Crippen molar-refractivity contribution < 1.29 is 19.1 Å². The second-order valence-corrected chi connectivity index (χ2v) is 8.96. The fourth-order valence-corrected chi connectivity index (χ4v) is 2.93. The van der Waals surface area contributed by atoms with Crippen LogP contribution in [0.25, 0.3) is 0 Å². The first-order chi connectivity index (χ1) is 15.5. The number of ether oxygens (including phenoxy) is 1. The van der Waals surface area contributed by atoms with E-state index in [0.717, 1.165) is 5.56 Å². The molecular weight excluding hydrogens is 464 g/mol. The van der Waals surface area contributed by atoms with Crippen molar-refractivity contribution >= 4 is 52.3 Å². The number of thiocarbonyl (C=S) groups is 1. The van der Waals surface area contributed by atoms with Crippen molar-refractivity contribution in [3.8, 4) is 5.75 Å². The molecule has 2 aromatic rings. The smallest absolute Gasteiger partial charge is 0.264 e. The highest BCUT2D eigenvalue weighted by molar-refractivity contribution is 7.80. The minimum atomic E-state index is -0.485. The molecule has 4 N–H and O–H groups in total. The average Bonchev–Trinajstić information content (AvgIpc) is 2.76. The van der Waals surface area contributed by atoms with E-state index in [2.05, 4.69) is 42.3 Å². The monoisotopic (exact) mass is 490 g/mol. The number of carbonyl (C=O) groups excluding carboxylic acids is 3. The van der Waals surface area contributed by atoms with Gasteiger partial charge in [-0.3, -0.25) is 30.6 Å². The van der Waals surface area contributed by atoms with Gasteiger partial charge in [-0.1, -0.05) is 56.6 Å². The van der Waals surface area contributed by atoms with Gasteiger partial charge in [-0.25, -0.2) is 0 Å². The highest BCUT2D eigenvalue weighted by Crippen LogP contribution is 2.24. The number of para-hydroxylation sites is 1. The molecule has 0 unspecified atom stereocenters. The Kier molecular flexibility index (Phi) is 9.62. The molecule has 33 heavy (non-hydrogen) atoms. The van der Waals surface area contributed by atoms with E-state index >= 15 is 0 Å². The van der Waals surface area contributed by atoms with Gasteiger partial charge >= 0.3 is 0 Å². The number of nitrogens with one attached hydrogen (secondary N) is 4. The summed E-state index contributed by atoms with van der Waals surface area (Å²) < 4.78 is 5.44. The molecule has 0 aliphatic heterocycles. The van der Waals surface area contributed by atoms with E-state index in [1.807, 2.05) is 12.1 Å². The number of anilines is 1. The van der Waals surface area contributed by atoms with Crippen molar-refractivity contribution in [1.82, 2.24) is 16.2 Å². The third-order valence-electron chi connectivity index (χ3n) is 4.39. The predicted octanol–water partition coefficient (Wildman–Crippen LogP) is 3.46. The molecule has 0 aliphatic rings. The average molecular weight is 491 g/mol. The van der Waals surface area contributed by atoms with E-state index in [0.29, 0.717) is 16.5 Å². The SMILES string of the molecule is CC(C)(C)c1ccc(OCC(=O)NC(=S)NNC(=O)CCC(=O)Nc2ccccc2Cl)cc1. The lowest BCUT2D eigenvalue weighted by Crippen LogP contribution is -2.49. The highest BCUT2D eigenvalue weighted by atomic mass is 35.5. The van der Waals surface area contributed by atoms with Gasteiger partial charge in [-0.2, -0.15) is 0 Å². The van der Waals surface area contributed by atoms with Crippen LogP contribution in [0.4, 0.5) is 5.69 Å². The molecule has 0 fully saturated rings. The minimum absolute atomic E-state index is 0.0254. The van der Waals surface area contributed by atoms with Crippen LogP contribution in [0.2, 0.25) is 5.02 Å². The number of hydrazine groups is 1. The van der Waals surface area contributed by atoms with E-state index < -0.39 is 11.8 Å². The molecule has 2 rings (SSSR count). The number of hydrogen-bond donors (Lipinski definition) is 4. The van der Waals surface area contributed by atoms with Crippen LogP contribution >= 0.6 is 23.8 Å². The topological polar surface area (TPSA) is 109 Å². The van der Waals surface area contributed by atoms with Crippen molar-refractivity contribution in [2.45, 2.75) is 39.0 Å². The summed E-state index contributed by atoms with van der Waals surface area (Å²) >= 11 is 10.9. The van der Waals surface area contributed by atoms with Crippen molar-refractivity contribution in [3.05, 3.63) is 59.1 Å². The lowest BCUT2D eigenvalue weighted by molar-refractivity contribution is -0.125. The van der Waals surface area contributed by atoms with Gasteiger partial charge in [0, 0.05) is 12.8 Å². The van der Waals surface area contributed by atoms with Gasteiger partial charge in [0.1, 0.15) is 5.75 Å². The number of benzene rings is 2. The lowest BCUT2D eigenvalue weighted by atomic mass is 9.87. The Hall–Kier alpha value is -3.17. The number of amides is 3. The first-order valence-electron chi connectivity index (χ1n) is 10.2. The predicted molar refractivity (Wildman–Crippen MR) is 132 cm³/mol. The molecule has 0 radical (unpaired) electrons. The molecule has 176 valence electrons. The van der Waals surface area contributed by atoms with Crippen LogP contribution < -0.4 is 26.2 Å². The van der Waals surface area contributed by atoms with Gasteiger partial charge in [0.15, 0.2) is 11.7 Å². The summed E-state index contributed by atoms with van der Waals surface area (Å²) in [7, 11) is 0. The van der Waals surface area contributed by atoms with Crippen LogP contribution in [0.1, 0.15) is 39.2 Å². The second-order valence-electron chi connectivity index (χ2n) is 8.14. The number of hydrogen-bond acceptors (Lipinski definition) is 5. The normalized spacial score (nSPS) is 10.7. The van der Waals surface area contributed by atoms with Crippen molar-refractivity contribution in [3.63, 3.8) is 0 Å². The lowest BCUT2D eigenvalue weighted by Gasteiger charge is -2.19. The molecule has 0 heterocycles. The Morgan fingerprint density at radius 2 is 1.55 bits per heavy atom. The van der Waals surface area contributed by atoms with Gasteiger partial charge in [-0.05, 0) is 47.5 Å². The minimum Gasteiger partial charge on any atom is -0.484 e. The zero-order chi connectivity index (χ0) is 24.4. The quantitative estimate of drug-likeness (QED) is 0.349. The maximum atomic E-state index is 12.0. The van der Waals surface area contributed by atoms with Gasteiger partial charge in [0.25, 0.3) is 5.91 Å². The maximum Gasteiger partial charge on any atom is 0.264 e. The molecule has 0 aliphatic carbocycles. The Morgan fingerprint density at radius 1 is 0.909 bits per heavy atom. The summed E-state index contributed by atoms with van der Waals surface area (Å²) in [5.74, 6) is -0.765. The first kappa shape index (κ1) is 26.1. The molecule has 2 aromatic carbocycles. The van der Waals surface area contributed by atoms with Gasteiger partial charge < -0.3 is 10.1 Å². The third-order valence-corrected chi connectivity index (χ3v) is 4.92. The second kappa shape index (κ2) is 12.2.